The summed E-state index contributed by atoms with van der Waals surface area (Å²) in [6.07, 6.45) is 5.02. The monoisotopic (exact) mass is 418 g/mol. The number of benzene rings is 2. The Morgan fingerprint density at radius 3 is 2.81 bits per heavy atom. The summed E-state index contributed by atoms with van der Waals surface area (Å²) in [4.78, 5) is 4.56. The van der Waals surface area contributed by atoms with Crippen molar-refractivity contribution in [1.29, 1.82) is 0 Å². The Hall–Kier alpha value is -3.68. The third kappa shape index (κ3) is 4.42. The number of fused-ring (bicyclic) bond motifs is 3. The fourth-order valence-corrected chi connectivity index (χ4v) is 3.44. The molecular formula is C23H26N6O2. The van der Waals surface area contributed by atoms with Crippen LogP contribution < -0.4 is 14.9 Å². The number of aromatic nitrogens is 4. The molecule has 0 saturated heterocycles. The van der Waals surface area contributed by atoms with Gasteiger partial charge in [-0.2, -0.15) is 10.1 Å². The molecule has 0 unspecified atom stereocenters. The molecule has 0 radical (unpaired) electrons. The second-order valence-corrected chi connectivity index (χ2v) is 7.22. The number of nitrogens with zero attached hydrogens (tertiary/aromatic N) is 5. The number of hydrogen-bond donors (Lipinski definition) is 1. The fraction of sp³-hybridized carbons (Fsp3) is 0.304. The molecule has 0 amide bonds. The Bertz CT molecular complexity index is 1220. The minimum Gasteiger partial charge on any atom is -0.493 e. The van der Waals surface area contributed by atoms with Crippen LogP contribution in [0.1, 0.15) is 31.7 Å². The van der Waals surface area contributed by atoms with Crippen LogP contribution in [0.4, 0.5) is 5.95 Å². The highest BCUT2D eigenvalue weighted by atomic mass is 16.5. The highest BCUT2D eigenvalue weighted by Gasteiger charge is 2.11. The first-order chi connectivity index (χ1) is 15.2. The molecule has 0 aliphatic rings. The lowest BCUT2D eigenvalue weighted by atomic mass is 10.2. The van der Waals surface area contributed by atoms with E-state index in [9.17, 15) is 0 Å². The van der Waals surface area contributed by atoms with Crippen LogP contribution in [0.15, 0.2) is 47.6 Å². The van der Waals surface area contributed by atoms with Gasteiger partial charge < -0.3 is 14.0 Å². The molecule has 0 fully saturated rings. The van der Waals surface area contributed by atoms with Crippen LogP contribution in [0, 0.1) is 0 Å². The second kappa shape index (κ2) is 9.42. The molecule has 8 nitrogen and oxygen atoms in total. The lowest BCUT2D eigenvalue weighted by Gasteiger charge is -2.11. The average molecular weight is 419 g/mol. The highest BCUT2D eigenvalue weighted by molar-refractivity contribution is 6.04. The standard InChI is InChI=1S/C23H26N6O2/c1-4-5-8-13-31-19-12-11-16(14-20(19)30-3)15-24-27-23-25-22-21(26-28-23)17-9-6-7-10-18(17)29(22)2/h6-7,9-12,14-15H,4-5,8,13H2,1-3H3,(H,25,27,28)/b24-15+. The van der Waals surface area contributed by atoms with Gasteiger partial charge in [-0.15, -0.1) is 10.2 Å². The van der Waals surface area contributed by atoms with Gasteiger partial charge in [-0.3, -0.25) is 0 Å². The summed E-state index contributed by atoms with van der Waals surface area (Å²) in [7, 11) is 3.59. The summed E-state index contributed by atoms with van der Waals surface area (Å²) in [6, 6.07) is 13.7. The Labute approximate surface area is 180 Å². The summed E-state index contributed by atoms with van der Waals surface area (Å²) in [5.74, 6) is 1.74. The number of unbranched alkanes of at least 4 members (excludes halogenated alkanes) is 2. The van der Waals surface area contributed by atoms with Crippen LogP contribution in [0.2, 0.25) is 0 Å². The number of para-hydroxylation sites is 1. The zero-order valence-corrected chi connectivity index (χ0v) is 18.0. The van der Waals surface area contributed by atoms with E-state index in [2.05, 4.69) is 32.6 Å². The molecule has 31 heavy (non-hydrogen) atoms. The van der Waals surface area contributed by atoms with Gasteiger partial charge in [0.25, 0.3) is 5.95 Å². The summed E-state index contributed by atoms with van der Waals surface area (Å²) in [6.45, 7) is 2.85. The molecule has 0 spiro atoms. The van der Waals surface area contributed by atoms with Crippen LogP contribution in [0.5, 0.6) is 11.5 Å². The van der Waals surface area contributed by atoms with Crippen LogP contribution in [-0.2, 0) is 7.05 Å². The van der Waals surface area contributed by atoms with Crippen molar-refractivity contribution >= 4 is 34.2 Å². The molecule has 0 aliphatic carbocycles. The van der Waals surface area contributed by atoms with E-state index in [0.29, 0.717) is 18.3 Å². The van der Waals surface area contributed by atoms with Crippen molar-refractivity contribution in [3.05, 3.63) is 48.0 Å². The molecule has 0 saturated carbocycles. The van der Waals surface area contributed by atoms with Crippen molar-refractivity contribution in [1.82, 2.24) is 19.7 Å². The van der Waals surface area contributed by atoms with E-state index in [1.165, 1.54) is 0 Å². The minimum atomic E-state index is 0.331. The third-order valence-corrected chi connectivity index (χ3v) is 5.08. The SMILES string of the molecule is CCCCCOc1ccc(/C=N/Nc2nnc3c4ccccc4n(C)c3n2)cc1OC. The van der Waals surface area contributed by atoms with Crippen molar-refractivity contribution in [2.45, 2.75) is 26.2 Å². The van der Waals surface area contributed by atoms with E-state index in [1.54, 1.807) is 13.3 Å². The van der Waals surface area contributed by atoms with Gasteiger partial charge in [-0.1, -0.05) is 38.0 Å². The molecule has 1 N–H and O–H groups in total. The van der Waals surface area contributed by atoms with Gasteiger partial charge in [0, 0.05) is 12.4 Å². The van der Waals surface area contributed by atoms with Crippen molar-refractivity contribution < 1.29 is 9.47 Å². The molecule has 4 aromatic rings. The van der Waals surface area contributed by atoms with E-state index in [0.717, 1.165) is 52.6 Å². The van der Waals surface area contributed by atoms with Crippen molar-refractivity contribution in [3.8, 4) is 11.5 Å². The molecule has 0 atom stereocenters. The van der Waals surface area contributed by atoms with Crippen molar-refractivity contribution in [3.63, 3.8) is 0 Å². The first-order valence-corrected chi connectivity index (χ1v) is 10.4. The van der Waals surface area contributed by atoms with E-state index in [-0.39, 0.29) is 0 Å². The van der Waals surface area contributed by atoms with Crippen LogP contribution in [-0.4, -0.2) is 39.7 Å². The number of nitrogens with one attached hydrogen (secondary N) is 1. The highest BCUT2D eigenvalue weighted by Crippen LogP contribution is 2.28. The van der Waals surface area contributed by atoms with Crippen LogP contribution >= 0.6 is 0 Å². The van der Waals surface area contributed by atoms with Gasteiger partial charge in [0.1, 0.15) is 5.52 Å². The maximum atomic E-state index is 5.82. The molecule has 2 heterocycles. The van der Waals surface area contributed by atoms with Crippen LogP contribution in [0.25, 0.3) is 22.1 Å². The predicted molar refractivity (Wildman–Crippen MR) is 123 cm³/mol. The molecular weight excluding hydrogens is 392 g/mol. The summed E-state index contributed by atoms with van der Waals surface area (Å²) in [5, 5.41) is 13.8. The number of hydrogen-bond acceptors (Lipinski definition) is 7. The van der Waals surface area contributed by atoms with E-state index < -0.39 is 0 Å². The molecule has 4 rings (SSSR count). The van der Waals surface area contributed by atoms with E-state index >= 15 is 0 Å². The Kier molecular flexibility index (Phi) is 6.26. The smallest absolute Gasteiger partial charge is 0.265 e. The summed E-state index contributed by atoms with van der Waals surface area (Å²) < 4.78 is 13.3. The maximum Gasteiger partial charge on any atom is 0.265 e. The first kappa shape index (κ1) is 20.6. The number of anilines is 1. The Balaban J connectivity index is 1.47. The molecule has 8 heteroatoms. The number of methoxy groups -OCH3 is 1. The Morgan fingerprint density at radius 2 is 1.97 bits per heavy atom. The number of ether oxygens (including phenoxy) is 2. The molecule has 2 aromatic heterocycles. The topological polar surface area (TPSA) is 86.5 Å². The van der Waals surface area contributed by atoms with Crippen molar-refractivity contribution in [2.75, 3.05) is 19.1 Å². The van der Waals surface area contributed by atoms with Crippen molar-refractivity contribution in [2.24, 2.45) is 12.1 Å². The number of rotatable bonds is 9. The second-order valence-electron chi connectivity index (χ2n) is 7.22. The van der Waals surface area contributed by atoms with Crippen LogP contribution in [0.3, 0.4) is 0 Å². The van der Waals surface area contributed by atoms with Gasteiger partial charge in [-0.25, -0.2) is 5.43 Å². The quantitative estimate of drug-likeness (QED) is 0.244. The minimum absolute atomic E-state index is 0.331. The number of aryl methyl sites for hydroxylation is 1. The lowest BCUT2D eigenvalue weighted by molar-refractivity contribution is 0.286. The third-order valence-electron chi connectivity index (χ3n) is 5.08. The van der Waals surface area contributed by atoms with Gasteiger partial charge in [0.2, 0.25) is 0 Å². The normalized spacial score (nSPS) is 11.5. The fourth-order valence-electron chi connectivity index (χ4n) is 3.44. The van der Waals surface area contributed by atoms with Gasteiger partial charge >= 0.3 is 0 Å². The largest absolute Gasteiger partial charge is 0.493 e. The zero-order chi connectivity index (χ0) is 21.6. The predicted octanol–water partition coefficient (Wildman–Crippen LogP) is 4.54. The average Bonchev–Trinajstić information content (AvgIpc) is 3.09. The molecule has 0 aliphatic heterocycles. The maximum absolute atomic E-state index is 5.82. The molecule has 2 aromatic carbocycles. The lowest BCUT2D eigenvalue weighted by Crippen LogP contribution is -2.01. The van der Waals surface area contributed by atoms with E-state index in [4.69, 9.17) is 9.47 Å². The summed E-state index contributed by atoms with van der Waals surface area (Å²) >= 11 is 0. The first-order valence-electron chi connectivity index (χ1n) is 10.4. The zero-order valence-electron chi connectivity index (χ0n) is 18.0. The Morgan fingerprint density at radius 1 is 1.10 bits per heavy atom. The molecule has 160 valence electrons. The summed E-state index contributed by atoms with van der Waals surface area (Å²) in [5.41, 5.74) is 6.30. The van der Waals surface area contributed by atoms with E-state index in [1.807, 2.05) is 54.1 Å². The van der Waals surface area contributed by atoms with Gasteiger partial charge in [0.05, 0.1) is 25.4 Å². The molecule has 0 bridgehead atoms. The van der Waals surface area contributed by atoms with Gasteiger partial charge in [-0.05, 0) is 36.2 Å². The number of hydrazone groups is 1. The van der Waals surface area contributed by atoms with Gasteiger partial charge in [0.15, 0.2) is 17.1 Å².